The van der Waals surface area contributed by atoms with E-state index in [1.807, 2.05) is 17.5 Å². The molecule has 0 saturated heterocycles. The van der Waals surface area contributed by atoms with Crippen LogP contribution in [0.5, 0.6) is 0 Å². The lowest BCUT2D eigenvalue weighted by molar-refractivity contribution is 0.583. The lowest BCUT2D eigenvalue weighted by atomic mass is 10.2. The molecule has 8 heteroatoms. The zero-order chi connectivity index (χ0) is 16.1. The topological polar surface area (TPSA) is 78.7 Å². The molecule has 5 rings (SSSR count). The fourth-order valence-electron chi connectivity index (χ4n) is 3.17. The molecule has 0 aliphatic carbocycles. The van der Waals surface area contributed by atoms with E-state index in [1.165, 1.54) is 11.3 Å². The van der Waals surface area contributed by atoms with Crippen molar-refractivity contribution in [2.24, 2.45) is 0 Å². The summed E-state index contributed by atoms with van der Waals surface area (Å²) in [7, 11) is 0. The van der Waals surface area contributed by atoms with Crippen LogP contribution in [0.1, 0.15) is 18.1 Å². The Morgan fingerprint density at radius 2 is 2.29 bits per heavy atom. The van der Waals surface area contributed by atoms with Crippen LogP contribution in [0.25, 0.3) is 21.5 Å². The highest BCUT2D eigenvalue weighted by Gasteiger charge is 2.19. The molecule has 0 atom stereocenters. The maximum absolute atomic E-state index is 13.0. The summed E-state index contributed by atoms with van der Waals surface area (Å²) in [5.41, 5.74) is 0.710. The van der Waals surface area contributed by atoms with Crippen LogP contribution >= 0.6 is 11.3 Å². The molecule has 4 aromatic rings. The van der Waals surface area contributed by atoms with Crippen molar-refractivity contribution in [3.05, 3.63) is 52.1 Å². The second-order valence-electron chi connectivity index (χ2n) is 5.77. The van der Waals surface area contributed by atoms with Gasteiger partial charge in [0.2, 0.25) is 0 Å². The second kappa shape index (κ2) is 5.13. The third kappa shape index (κ3) is 1.96. The molecule has 24 heavy (non-hydrogen) atoms. The average molecular weight is 339 g/mol. The molecule has 0 aromatic carbocycles. The fourth-order valence-corrected chi connectivity index (χ4v) is 4.06. The molecule has 0 unspecified atom stereocenters. The van der Waals surface area contributed by atoms with Crippen molar-refractivity contribution < 1.29 is 4.42 Å². The Labute approximate surface area is 140 Å². The van der Waals surface area contributed by atoms with Crippen LogP contribution in [0.2, 0.25) is 0 Å². The number of rotatable bonds is 3. The van der Waals surface area contributed by atoms with E-state index in [-0.39, 0.29) is 5.56 Å². The molecule has 0 bridgehead atoms. The fraction of sp³-hybridized carbons (Fsp3) is 0.250. The smallest absolute Gasteiger partial charge is 0.263 e. The van der Waals surface area contributed by atoms with Crippen molar-refractivity contribution in [1.82, 2.24) is 24.3 Å². The molecule has 0 saturated carbocycles. The van der Waals surface area contributed by atoms with E-state index >= 15 is 0 Å². The van der Waals surface area contributed by atoms with Crippen molar-refractivity contribution in [3.8, 4) is 11.3 Å². The lowest BCUT2D eigenvalue weighted by Crippen LogP contribution is -2.22. The molecule has 0 radical (unpaired) electrons. The first-order valence-corrected chi connectivity index (χ1v) is 8.61. The number of hydrogen-bond donors (Lipinski definition) is 0. The Morgan fingerprint density at radius 1 is 1.33 bits per heavy atom. The Kier molecular flexibility index (Phi) is 2.93. The maximum atomic E-state index is 13.0. The summed E-state index contributed by atoms with van der Waals surface area (Å²) in [6, 6.07) is 3.66. The van der Waals surface area contributed by atoms with Gasteiger partial charge in [0.25, 0.3) is 5.56 Å². The van der Waals surface area contributed by atoms with Crippen molar-refractivity contribution in [2.75, 3.05) is 0 Å². The molecule has 0 spiro atoms. The molecule has 0 N–H and O–H groups in total. The Hall–Kier alpha value is -2.74. The quantitative estimate of drug-likeness (QED) is 0.572. The number of aryl methyl sites for hydroxylation is 1. The molecule has 4 aromatic heterocycles. The maximum Gasteiger partial charge on any atom is 0.263 e. The molecule has 1 aliphatic rings. The minimum Gasteiger partial charge on any atom is -0.464 e. The molecule has 120 valence electrons. The lowest BCUT2D eigenvalue weighted by Gasteiger charge is -2.06. The molecular weight excluding hydrogens is 326 g/mol. The normalized spacial score (nSPS) is 13.7. The molecule has 0 fully saturated rings. The highest BCUT2D eigenvalue weighted by atomic mass is 32.1. The first kappa shape index (κ1) is 13.7. The van der Waals surface area contributed by atoms with Crippen molar-refractivity contribution in [3.63, 3.8) is 0 Å². The Morgan fingerprint density at radius 3 is 3.17 bits per heavy atom. The molecule has 7 nitrogen and oxygen atoms in total. The van der Waals surface area contributed by atoms with Crippen molar-refractivity contribution >= 4 is 21.6 Å². The summed E-state index contributed by atoms with van der Waals surface area (Å²) in [5.74, 6) is 2.49. The summed E-state index contributed by atoms with van der Waals surface area (Å²) in [6.45, 7) is 1.29. The highest BCUT2D eigenvalue weighted by molar-refractivity contribution is 7.17. The van der Waals surface area contributed by atoms with E-state index in [2.05, 4.69) is 19.7 Å². The van der Waals surface area contributed by atoms with E-state index in [0.29, 0.717) is 22.5 Å². The summed E-state index contributed by atoms with van der Waals surface area (Å²) in [4.78, 5) is 18.1. The van der Waals surface area contributed by atoms with Gasteiger partial charge in [-0.3, -0.25) is 9.36 Å². The molecule has 5 heterocycles. The monoisotopic (exact) mass is 339 g/mol. The van der Waals surface area contributed by atoms with Gasteiger partial charge < -0.3 is 8.98 Å². The van der Waals surface area contributed by atoms with Crippen LogP contribution in [0, 0.1) is 0 Å². The van der Waals surface area contributed by atoms with Gasteiger partial charge in [0.05, 0.1) is 24.5 Å². The number of hydrogen-bond acceptors (Lipinski definition) is 6. The Balaban J connectivity index is 1.63. The third-order valence-electron chi connectivity index (χ3n) is 4.35. The molecule has 1 aliphatic heterocycles. The SMILES string of the molecule is O=c1c2c(-c3ccco3)csc2ncn1Cc1nnc2n1CCC2. The number of nitrogens with zero attached hydrogens (tertiary/aromatic N) is 5. The van der Waals surface area contributed by atoms with Gasteiger partial charge in [-0.1, -0.05) is 0 Å². The van der Waals surface area contributed by atoms with Gasteiger partial charge in [0.15, 0.2) is 5.82 Å². The van der Waals surface area contributed by atoms with E-state index < -0.39 is 0 Å². The first-order valence-electron chi connectivity index (χ1n) is 7.73. The largest absolute Gasteiger partial charge is 0.464 e. The molecular formula is C16H13N5O2S. The van der Waals surface area contributed by atoms with Crippen LogP contribution in [0.4, 0.5) is 0 Å². The number of furan rings is 1. The van der Waals surface area contributed by atoms with Gasteiger partial charge in [-0.05, 0) is 18.6 Å². The van der Waals surface area contributed by atoms with Crippen LogP contribution in [0.3, 0.4) is 0 Å². The number of thiophene rings is 1. The summed E-state index contributed by atoms with van der Waals surface area (Å²) < 4.78 is 9.14. The van der Waals surface area contributed by atoms with E-state index in [1.54, 1.807) is 17.2 Å². The van der Waals surface area contributed by atoms with Gasteiger partial charge in [-0.25, -0.2) is 4.98 Å². The number of fused-ring (bicyclic) bond motifs is 2. The second-order valence-corrected chi connectivity index (χ2v) is 6.63. The van der Waals surface area contributed by atoms with Gasteiger partial charge in [0.1, 0.15) is 16.4 Å². The minimum atomic E-state index is -0.0806. The van der Waals surface area contributed by atoms with Crippen molar-refractivity contribution in [1.29, 1.82) is 0 Å². The first-order chi connectivity index (χ1) is 11.8. The van der Waals surface area contributed by atoms with Gasteiger partial charge in [-0.15, -0.1) is 21.5 Å². The predicted octanol–water partition coefficient (Wildman–Crippen LogP) is 2.30. The highest BCUT2D eigenvalue weighted by Crippen LogP contribution is 2.30. The van der Waals surface area contributed by atoms with E-state index in [4.69, 9.17) is 4.42 Å². The standard InChI is InChI=1S/C16H13N5O2S/c22-16-14-10(11-3-2-6-23-11)8-24-15(14)17-9-20(16)7-13-19-18-12-4-1-5-21(12)13/h2-3,6,8-9H,1,4-5,7H2. The van der Waals surface area contributed by atoms with Gasteiger partial charge >= 0.3 is 0 Å². The number of aromatic nitrogens is 5. The van der Waals surface area contributed by atoms with Crippen LogP contribution < -0.4 is 5.56 Å². The van der Waals surface area contributed by atoms with E-state index in [0.717, 1.165) is 36.6 Å². The summed E-state index contributed by atoms with van der Waals surface area (Å²) in [6.07, 6.45) is 5.22. The summed E-state index contributed by atoms with van der Waals surface area (Å²) in [5, 5.41) is 10.9. The van der Waals surface area contributed by atoms with Crippen molar-refractivity contribution in [2.45, 2.75) is 25.9 Å². The van der Waals surface area contributed by atoms with Crippen LogP contribution in [-0.4, -0.2) is 24.3 Å². The van der Waals surface area contributed by atoms with Crippen LogP contribution in [-0.2, 0) is 19.5 Å². The zero-order valence-corrected chi connectivity index (χ0v) is 13.5. The Bertz CT molecular complexity index is 1090. The average Bonchev–Trinajstić information content (AvgIpc) is 3.34. The van der Waals surface area contributed by atoms with Gasteiger partial charge in [-0.2, -0.15) is 0 Å². The third-order valence-corrected chi connectivity index (χ3v) is 5.23. The predicted molar refractivity (Wildman–Crippen MR) is 89.0 cm³/mol. The van der Waals surface area contributed by atoms with Gasteiger partial charge in [0, 0.05) is 23.9 Å². The minimum absolute atomic E-state index is 0.0806. The van der Waals surface area contributed by atoms with Crippen LogP contribution in [0.15, 0.2) is 39.3 Å². The molecule has 0 amide bonds. The van der Waals surface area contributed by atoms with E-state index in [9.17, 15) is 4.79 Å². The summed E-state index contributed by atoms with van der Waals surface area (Å²) >= 11 is 1.45. The zero-order valence-electron chi connectivity index (χ0n) is 12.7.